The van der Waals surface area contributed by atoms with E-state index >= 15 is 0 Å². The van der Waals surface area contributed by atoms with E-state index in [4.69, 9.17) is 0 Å². The van der Waals surface area contributed by atoms with Crippen LogP contribution in [0.3, 0.4) is 0 Å². The summed E-state index contributed by atoms with van der Waals surface area (Å²) >= 11 is 0. The molecule has 2 aromatic rings. The van der Waals surface area contributed by atoms with E-state index in [2.05, 4.69) is 15.3 Å². The number of hydrogen-bond acceptors (Lipinski definition) is 4. The highest BCUT2D eigenvalue weighted by Gasteiger charge is 2.33. The van der Waals surface area contributed by atoms with Crippen molar-refractivity contribution in [2.24, 2.45) is 0 Å². The molecule has 0 aliphatic rings. The maximum absolute atomic E-state index is 12.6. The molecule has 2 N–H and O–H groups in total. The molecule has 0 saturated carbocycles. The normalized spacial score (nSPS) is 14.4. The van der Waals surface area contributed by atoms with Gasteiger partial charge in [-0.2, -0.15) is 13.2 Å². The third kappa shape index (κ3) is 4.42. The maximum atomic E-state index is 12.6. The Kier molecular flexibility index (Phi) is 4.97. The van der Waals surface area contributed by atoms with Gasteiger partial charge in [0.25, 0.3) is 0 Å². The lowest BCUT2D eigenvalue weighted by atomic mass is 10.0. The van der Waals surface area contributed by atoms with Gasteiger partial charge in [-0.15, -0.1) is 0 Å². The average Bonchev–Trinajstić information content (AvgIpc) is 2.47. The van der Waals surface area contributed by atoms with Crippen molar-refractivity contribution in [2.75, 3.05) is 5.32 Å². The van der Waals surface area contributed by atoms with Crippen LogP contribution >= 0.6 is 0 Å². The fraction of sp³-hybridized carbons (Fsp3) is 0.333. The van der Waals surface area contributed by atoms with Crippen molar-refractivity contribution in [3.8, 4) is 0 Å². The highest BCUT2D eigenvalue weighted by atomic mass is 19.4. The van der Waals surface area contributed by atoms with Crippen LogP contribution < -0.4 is 5.32 Å². The summed E-state index contributed by atoms with van der Waals surface area (Å²) in [4.78, 5) is 7.16. The first-order valence-electron chi connectivity index (χ1n) is 6.75. The van der Waals surface area contributed by atoms with Crippen LogP contribution in [0, 0.1) is 0 Å². The molecule has 1 aromatic heterocycles. The summed E-state index contributed by atoms with van der Waals surface area (Å²) in [6, 6.07) is 9.63. The number of rotatable bonds is 5. The number of aromatic nitrogens is 2. The second-order valence-corrected chi connectivity index (χ2v) is 4.95. The summed E-state index contributed by atoms with van der Waals surface area (Å²) in [6.45, 7) is 1.66. The van der Waals surface area contributed by atoms with E-state index in [9.17, 15) is 18.3 Å². The lowest BCUT2D eigenvalue weighted by molar-refractivity contribution is -0.141. The van der Waals surface area contributed by atoms with Crippen LogP contribution in [-0.2, 0) is 12.6 Å². The van der Waals surface area contributed by atoms with E-state index in [0.29, 0.717) is 6.42 Å². The molecule has 2 unspecified atom stereocenters. The van der Waals surface area contributed by atoms with E-state index in [-0.39, 0.29) is 5.95 Å². The number of anilines is 1. The van der Waals surface area contributed by atoms with Crippen LogP contribution in [0.15, 0.2) is 42.6 Å². The molecule has 1 aromatic carbocycles. The highest BCUT2D eigenvalue weighted by Crippen LogP contribution is 2.27. The molecule has 0 aliphatic carbocycles. The van der Waals surface area contributed by atoms with Crippen LogP contribution in [0.1, 0.15) is 18.2 Å². The van der Waals surface area contributed by atoms with E-state index < -0.39 is 24.0 Å². The van der Waals surface area contributed by atoms with Crippen molar-refractivity contribution in [1.29, 1.82) is 0 Å². The summed E-state index contributed by atoms with van der Waals surface area (Å²) in [6.07, 6.45) is -3.88. The Bertz CT molecular complexity index is 604. The largest absolute Gasteiger partial charge is 0.433 e. The lowest BCUT2D eigenvalue weighted by Crippen LogP contribution is -2.33. The first kappa shape index (κ1) is 16.2. The van der Waals surface area contributed by atoms with E-state index in [0.717, 1.165) is 17.8 Å². The van der Waals surface area contributed by atoms with E-state index in [1.165, 1.54) is 0 Å². The smallest absolute Gasteiger partial charge is 0.391 e. The number of benzene rings is 1. The number of aliphatic hydroxyl groups is 1. The second kappa shape index (κ2) is 6.74. The Morgan fingerprint density at radius 2 is 1.86 bits per heavy atom. The predicted molar refractivity (Wildman–Crippen MR) is 76.3 cm³/mol. The zero-order valence-electron chi connectivity index (χ0n) is 11.9. The summed E-state index contributed by atoms with van der Waals surface area (Å²) in [5.41, 5.74) is -0.0802. The number of alkyl halides is 3. The number of hydrogen-bond donors (Lipinski definition) is 2. The summed E-state index contributed by atoms with van der Waals surface area (Å²) in [5, 5.41) is 12.8. The standard InChI is InChI=1S/C15H16F3N3O/c1-10(12(22)9-11-5-3-2-4-6-11)20-14-19-8-7-13(21-14)15(16,17)18/h2-8,10,12,22H,9H2,1H3,(H,19,20,21). The topological polar surface area (TPSA) is 58.0 Å². The van der Waals surface area contributed by atoms with E-state index in [1.54, 1.807) is 6.92 Å². The average molecular weight is 311 g/mol. The van der Waals surface area contributed by atoms with Gasteiger partial charge in [-0.25, -0.2) is 9.97 Å². The predicted octanol–water partition coefficient (Wildman–Crippen LogP) is 2.90. The summed E-state index contributed by atoms with van der Waals surface area (Å²) in [5.74, 6) is -0.158. The molecule has 118 valence electrons. The molecular weight excluding hydrogens is 295 g/mol. The van der Waals surface area contributed by atoms with Crippen LogP contribution in [0.4, 0.5) is 19.1 Å². The maximum Gasteiger partial charge on any atom is 0.433 e. The van der Waals surface area contributed by atoms with Gasteiger partial charge in [-0.3, -0.25) is 0 Å². The molecular formula is C15H16F3N3O. The first-order valence-corrected chi connectivity index (χ1v) is 6.75. The van der Waals surface area contributed by atoms with Crippen LogP contribution in [-0.4, -0.2) is 27.2 Å². The fourth-order valence-electron chi connectivity index (χ4n) is 1.92. The highest BCUT2D eigenvalue weighted by molar-refractivity contribution is 5.28. The minimum atomic E-state index is -4.52. The SMILES string of the molecule is CC(Nc1nccc(C(F)(F)F)n1)C(O)Cc1ccccc1. The van der Waals surface area contributed by atoms with Crippen LogP contribution in [0.2, 0.25) is 0 Å². The second-order valence-electron chi connectivity index (χ2n) is 4.95. The number of nitrogens with one attached hydrogen (secondary N) is 1. The third-order valence-electron chi connectivity index (χ3n) is 3.17. The monoisotopic (exact) mass is 311 g/mol. The molecule has 22 heavy (non-hydrogen) atoms. The lowest BCUT2D eigenvalue weighted by Gasteiger charge is -2.20. The molecule has 0 amide bonds. The Morgan fingerprint density at radius 3 is 2.50 bits per heavy atom. The van der Waals surface area contributed by atoms with Gasteiger partial charge in [-0.1, -0.05) is 30.3 Å². The van der Waals surface area contributed by atoms with Crippen molar-refractivity contribution >= 4 is 5.95 Å². The summed E-state index contributed by atoms with van der Waals surface area (Å²) < 4.78 is 37.8. The zero-order chi connectivity index (χ0) is 16.2. The molecule has 1 heterocycles. The quantitative estimate of drug-likeness (QED) is 0.891. The van der Waals surface area contributed by atoms with Crippen LogP contribution in [0.5, 0.6) is 0 Å². The van der Waals surface area contributed by atoms with Gasteiger partial charge >= 0.3 is 6.18 Å². The third-order valence-corrected chi connectivity index (χ3v) is 3.17. The Morgan fingerprint density at radius 1 is 1.18 bits per heavy atom. The number of nitrogens with zero attached hydrogens (tertiary/aromatic N) is 2. The van der Waals surface area contributed by atoms with Crippen LogP contribution in [0.25, 0.3) is 0 Å². The molecule has 0 saturated heterocycles. The van der Waals surface area contributed by atoms with Gasteiger partial charge in [0.15, 0.2) is 0 Å². The van der Waals surface area contributed by atoms with Crippen molar-refractivity contribution in [2.45, 2.75) is 31.7 Å². The van der Waals surface area contributed by atoms with Crippen molar-refractivity contribution < 1.29 is 18.3 Å². The zero-order valence-corrected chi connectivity index (χ0v) is 11.9. The molecule has 0 radical (unpaired) electrons. The molecule has 0 bridgehead atoms. The fourth-order valence-corrected chi connectivity index (χ4v) is 1.92. The minimum absolute atomic E-state index is 0.158. The Labute approximate surface area is 126 Å². The van der Waals surface area contributed by atoms with Crippen molar-refractivity contribution in [1.82, 2.24) is 9.97 Å². The van der Waals surface area contributed by atoms with Gasteiger partial charge in [-0.05, 0) is 18.6 Å². The van der Waals surface area contributed by atoms with E-state index in [1.807, 2.05) is 30.3 Å². The number of halogens is 3. The van der Waals surface area contributed by atoms with Gasteiger partial charge in [0, 0.05) is 12.6 Å². The molecule has 7 heteroatoms. The Hall–Kier alpha value is -2.15. The first-order chi connectivity index (χ1) is 10.4. The van der Waals surface area contributed by atoms with Crippen molar-refractivity contribution in [3.05, 3.63) is 53.9 Å². The molecule has 4 nitrogen and oxygen atoms in total. The van der Waals surface area contributed by atoms with Gasteiger partial charge in [0.1, 0.15) is 5.69 Å². The van der Waals surface area contributed by atoms with Gasteiger partial charge in [0.2, 0.25) is 5.95 Å². The Balaban J connectivity index is 2.01. The number of aliphatic hydroxyl groups excluding tert-OH is 1. The molecule has 0 spiro atoms. The minimum Gasteiger partial charge on any atom is -0.391 e. The van der Waals surface area contributed by atoms with Gasteiger partial charge in [0.05, 0.1) is 12.1 Å². The molecule has 2 atom stereocenters. The summed E-state index contributed by atoms with van der Waals surface area (Å²) in [7, 11) is 0. The molecule has 0 aliphatic heterocycles. The molecule has 0 fully saturated rings. The van der Waals surface area contributed by atoms with Crippen molar-refractivity contribution in [3.63, 3.8) is 0 Å². The molecule has 2 rings (SSSR count). The van der Waals surface area contributed by atoms with Gasteiger partial charge < -0.3 is 10.4 Å².